The molecule has 0 heterocycles. The molecule has 1 N–H and O–H groups in total. The summed E-state index contributed by atoms with van der Waals surface area (Å²) >= 11 is 0. The molecule has 0 saturated heterocycles. The summed E-state index contributed by atoms with van der Waals surface area (Å²) in [5, 5.41) is 9.01. The Morgan fingerprint density at radius 1 is 0.923 bits per heavy atom. The minimum atomic E-state index is -0.928. The lowest BCUT2D eigenvalue weighted by Crippen LogP contribution is -2.43. The summed E-state index contributed by atoms with van der Waals surface area (Å²) in [5.41, 5.74) is 0. The highest BCUT2D eigenvalue weighted by atomic mass is 16.5. The standard InChI is InChI=1S/C21H41NO4/c1-6-7-8-9-10-11-12-13-14-18(2)15-21(25)26-19(16-20(23)24)17-22(3,4)5/h18-19H,6-17H2,1-5H3/p+1. The molecule has 0 radical (unpaired) electrons. The number of unbranched alkanes of at least 4 members (excludes halogenated alkanes) is 7. The smallest absolute Gasteiger partial charge is 0.307 e. The van der Waals surface area contributed by atoms with Gasteiger partial charge in [-0.15, -0.1) is 0 Å². The molecule has 0 aromatic carbocycles. The minimum absolute atomic E-state index is 0.131. The Hall–Kier alpha value is -1.10. The average Bonchev–Trinajstić information content (AvgIpc) is 2.47. The first-order valence-electron chi connectivity index (χ1n) is 10.4. The van der Waals surface area contributed by atoms with E-state index in [0.717, 1.165) is 12.8 Å². The van der Waals surface area contributed by atoms with E-state index in [4.69, 9.17) is 9.84 Å². The Balaban J connectivity index is 3.98. The van der Waals surface area contributed by atoms with Gasteiger partial charge in [0.1, 0.15) is 6.54 Å². The highest BCUT2D eigenvalue weighted by Crippen LogP contribution is 2.17. The van der Waals surface area contributed by atoms with Crippen LogP contribution in [0.25, 0.3) is 0 Å². The third-order valence-electron chi connectivity index (χ3n) is 4.52. The summed E-state index contributed by atoms with van der Waals surface area (Å²) in [4.78, 5) is 23.1. The van der Waals surface area contributed by atoms with Gasteiger partial charge in [-0.25, -0.2) is 0 Å². The molecule has 26 heavy (non-hydrogen) atoms. The van der Waals surface area contributed by atoms with Crippen LogP contribution in [-0.2, 0) is 14.3 Å². The number of quaternary nitrogens is 1. The second kappa shape index (κ2) is 14.0. The van der Waals surface area contributed by atoms with E-state index in [9.17, 15) is 9.59 Å². The van der Waals surface area contributed by atoms with Gasteiger partial charge in [-0.05, 0) is 5.92 Å². The molecule has 2 atom stereocenters. The maximum Gasteiger partial charge on any atom is 0.307 e. The van der Waals surface area contributed by atoms with Crippen molar-refractivity contribution in [2.24, 2.45) is 5.92 Å². The number of likely N-dealkylation sites (N-methyl/N-ethyl adjacent to an activating group) is 1. The van der Waals surface area contributed by atoms with Crippen LogP contribution in [0.3, 0.4) is 0 Å². The number of nitrogens with zero attached hydrogens (tertiary/aromatic N) is 1. The van der Waals surface area contributed by atoms with Crippen LogP contribution in [0, 0.1) is 5.92 Å². The van der Waals surface area contributed by atoms with Crippen LogP contribution in [0.2, 0.25) is 0 Å². The first-order chi connectivity index (χ1) is 12.1. The molecule has 5 nitrogen and oxygen atoms in total. The molecule has 0 aromatic rings. The molecule has 0 aliphatic carbocycles. The first kappa shape index (κ1) is 24.9. The first-order valence-corrected chi connectivity index (χ1v) is 10.4. The van der Waals surface area contributed by atoms with Crippen LogP contribution in [-0.4, -0.2) is 55.3 Å². The summed E-state index contributed by atoms with van der Waals surface area (Å²) < 4.78 is 6.02. The van der Waals surface area contributed by atoms with Gasteiger partial charge in [0.2, 0.25) is 0 Å². The van der Waals surface area contributed by atoms with Crippen LogP contribution in [0.4, 0.5) is 0 Å². The van der Waals surface area contributed by atoms with Gasteiger partial charge in [-0.2, -0.15) is 0 Å². The Morgan fingerprint density at radius 2 is 1.46 bits per heavy atom. The molecule has 0 aliphatic rings. The lowest BCUT2D eigenvalue weighted by Gasteiger charge is -2.28. The van der Waals surface area contributed by atoms with Gasteiger partial charge in [0.05, 0.1) is 27.6 Å². The Bertz CT molecular complexity index is 390. The highest BCUT2D eigenvalue weighted by molar-refractivity contribution is 5.71. The minimum Gasteiger partial charge on any atom is -0.481 e. The number of hydrogen-bond donors (Lipinski definition) is 1. The summed E-state index contributed by atoms with van der Waals surface area (Å²) in [6.07, 6.45) is 11.0. The van der Waals surface area contributed by atoms with E-state index in [2.05, 4.69) is 13.8 Å². The van der Waals surface area contributed by atoms with Gasteiger partial charge in [0, 0.05) is 6.42 Å². The molecule has 0 saturated carbocycles. The fourth-order valence-corrected chi connectivity index (χ4v) is 3.20. The molecule has 5 heteroatoms. The number of rotatable bonds is 16. The van der Waals surface area contributed by atoms with Crippen molar-refractivity contribution in [3.05, 3.63) is 0 Å². The number of carbonyl (C=O) groups is 2. The summed E-state index contributed by atoms with van der Waals surface area (Å²) in [7, 11) is 5.90. The molecule has 0 aromatic heterocycles. The zero-order valence-corrected chi connectivity index (χ0v) is 17.8. The van der Waals surface area contributed by atoms with E-state index in [-0.39, 0.29) is 18.3 Å². The Kier molecular flexibility index (Phi) is 13.4. The number of carboxylic acid groups (broad SMARTS) is 1. The molecule has 0 fully saturated rings. The molecule has 0 bridgehead atoms. The zero-order chi connectivity index (χ0) is 20.0. The Morgan fingerprint density at radius 3 is 1.96 bits per heavy atom. The fourth-order valence-electron chi connectivity index (χ4n) is 3.20. The van der Waals surface area contributed by atoms with E-state index in [1.54, 1.807) is 0 Å². The molecule has 2 unspecified atom stereocenters. The molecule has 0 rings (SSSR count). The van der Waals surface area contributed by atoms with Gasteiger partial charge in [-0.1, -0.05) is 71.6 Å². The highest BCUT2D eigenvalue weighted by Gasteiger charge is 2.25. The van der Waals surface area contributed by atoms with Crippen LogP contribution in [0.15, 0.2) is 0 Å². The number of esters is 1. The third kappa shape index (κ3) is 16.4. The largest absolute Gasteiger partial charge is 0.481 e. The van der Waals surface area contributed by atoms with Crippen molar-refractivity contribution in [3.8, 4) is 0 Å². The van der Waals surface area contributed by atoms with Gasteiger partial charge < -0.3 is 14.3 Å². The quantitative estimate of drug-likeness (QED) is 0.244. The predicted molar refractivity (Wildman–Crippen MR) is 106 cm³/mol. The molecular weight excluding hydrogens is 330 g/mol. The van der Waals surface area contributed by atoms with Gasteiger partial charge in [-0.3, -0.25) is 9.59 Å². The summed E-state index contributed by atoms with van der Waals surface area (Å²) in [6.45, 7) is 4.82. The van der Waals surface area contributed by atoms with E-state index in [0.29, 0.717) is 17.4 Å². The van der Waals surface area contributed by atoms with E-state index in [1.165, 1.54) is 44.9 Å². The fraction of sp³-hybridized carbons (Fsp3) is 0.905. The maximum absolute atomic E-state index is 12.1. The second-order valence-corrected chi connectivity index (χ2v) is 8.76. The second-order valence-electron chi connectivity index (χ2n) is 8.76. The zero-order valence-electron chi connectivity index (χ0n) is 17.8. The van der Waals surface area contributed by atoms with Gasteiger partial charge in [0.25, 0.3) is 0 Å². The Labute approximate surface area is 160 Å². The van der Waals surface area contributed by atoms with E-state index in [1.807, 2.05) is 21.1 Å². The van der Waals surface area contributed by atoms with Crippen molar-refractivity contribution in [2.75, 3.05) is 27.7 Å². The van der Waals surface area contributed by atoms with Crippen molar-refractivity contribution in [3.63, 3.8) is 0 Å². The molecule has 0 aliphatic heterocycles. The van der Waals surface area contributed by atoms with Crippen molar-refractivity contribution >= 4 is 11.9 Å². The van der Waals surface area contributed by atoms with Crippen molar-refractivity contribution in [2.45, 2.75) is 90.6 Å². The van der Waals surface area contributed by atoms with Gasteiger partial charge >= 0.3 is 11.9 Å². The lowest BCUT2D eigenvalue weighted by molar-refractivity contribution is -0.873. The number of ether oxygens (including phenoxy) is 1. The topological polar surface area (TPSA) is 63.6 Å². The van der Waals surface area contributed by atoms with Crippen molar-refractivity contribution in [1.29, 1.82) is 0 Å². The molecule has 0 amide bonds. The van der Waals surface area contributed by atoms with Crippen LogP contribution in [0.5, 0.6) is 0 Å². The predicted octanol–water partition coefficient (Wildman–Crippen LogP) is 4.64. The normalized spacial score (nSPS) is 14.0. The molecule has 0 spiro atoms. The number of carbonyl (C=O) groups excluding carboxylic acids is 1. The average molecular weight is 373 g/mol. The van der Waals surface area contributed by atoms with Crippen molar-refractivity contribution in [1.82, 2.24) is 0 Å². The number of aliphatic carboxylic acids is 1. The lowest BCUT2D eigenvalue weighted by atomic mass is 9.99. The van der Waals surface area contributed by atoms with Gasteiger partial charge in [0.15, 0.2) is 6.10 Å². The molecule has 154 valence electrons. The monoisotopic (exact) mass is 372 g/mol. The van der Waals surface area contributed by atoms with Crippen LogP contribution < -0.4 is 0 Å². The van der Waals surface area contributed by atoms with E-state index >= 15 is 0 Å². The molecular formula is C21H42NO4+. The number of hydrogen-bond acceptors (Lipinski definition) is 3. The third-order valence-corrected chi connectivity index (χ3v) is 4.52. The number of carboxylic acids is 1. The summed E-state index contributed by atoms with van der Waals surface area (Å²) in [6, 6.07) is 0. The summed E-state index contributed by atoms with van der Waals surface area (Å²) in [5.74, 6) is -0.905. The maximum atomic E-state index is 12.1. The van der Waals surface area contributed by atoms with Crippen molar-refractivity contribution < 1.29 is 23.9 Å². The van der Waals surface area contributed by atoms with E-state index < -0.39 is 12.1 Å². The van der Waals surface area contributed by atoms with Crippen LogP contribution >= 0.6 is 0 Å². The van der Waals surface area contributed by atoms with Crippen LogP contribution in [0.1, 0.15) is 84.5 Å². The SMILES string of the molecule is CCCCCCCCCCC(C)CC(=O)OC(CC(=O)O)C[N+](C)(C)C.